The van der Waals surface area contributed by atoms with E-state index in [1.165, 1.54) is 0 Å². The van der Waals surface area contributed by atoms with E-state index in [9.17, 15) is 9.59 Å². The topological polar surface area (TPSA) is 91.0 Å². The van der Waals surface area contributed by atoms with Gasteiger partial charge in [0.25, 0.3) is 0 Å². The Hall–Kier alpha value is -2.70. The van der Waals surface area contributed by atoms with Crippen LogP contribution < -0.4 is 5.32 Å². The molecule has 0 aromatic carbocycles. The summed E-state index contributed by atoms with van der Waals surface area (Å²) < 4.78 is 0. The second-order valence-electron chi connectivity index (χ2n) is 8.01. The van der Waals surface area contributed by atoms with Crippen molar-refractivity contribution in [2.45, 2.75) is 57.4 Å². The van der Waals surface area contributed by atoms with E-state index in [4.69, 9.17) is 0 Å². The summed E-state index contributed by atoms with van der Waals surface area (Å²) in [5.74, 6) is 0.631. The van der Waals surface area contributed by atoms with Gasteiger partial charge in [-0.05, 0) is 55.9 Å². The van der Waals surface area contributed by atoms with Crippen molar-refractivity contribution >= 4 is 12.3 Å². The van der Waals surface area contributed by atoms with Gasteiger partial charge in [0.1, 0.15) is 0 Å². The van der Waals surface area contributed by atoms with Gasteiger partial charge < -0.3 is 10.2 Å². The number of aryl methyl sites for hydroxylation is 1. The third-order valence-corrected chi connectivity index (χ3v) is 5.44. The zero-order chi connectivity index (χ0) is 20.1. The van der Waals surface area contributed by atoms with E-state index >= 15 is 0 Å². The highest BCUT2D eigenvalue weighted by molar-refractivity contribution is 5.91. The lowest BCUT2D eigenvalue weighted by Crippen LogP contribution is -2.42. The van der Waals surface area contributed by atoms with Gasteiger partial charge in [0.15, 0.2) is 0 Å². The molecule has 0 radical (unpaired) electrons. The van der Waals surface area contributed by atoms with E-state index in [2.05, 4.69) is 40.4 Å². The fourth-order valence-corrected chi connectivity index (χ4v) is 3.50. The van der Waals surface area contributed by atoms with Gasteiger partial charge in [-0.3, -0.25) is 19.7 Å². The highest BCUT2D eigenvalue weighted by Gasteiger charge is 2.51. The van der Waals surface area contributed by atoms with Crippen molar-refractivity contribution in [3.63, 3.8) is 0 Å². The summed E-state index contributed by atoms with van der Waals surface area (Å²) in [5.41, 5.74) is 2.98. The van der Waals surface area contributed by atoms with Crippen LogP contribution in [-0.4, -0.2) is 51.5 Å². The van der Waals surface area contributed by atoms with Crippen LogP contribution in [-0.2, 0) is 15.0 Å². The van der Waals surface area contributed by atoms with Crippen LogP contribution in [0.5, 0.6) is 0 Å². The highest BCUT2D eigenvalue weighted by Crippen LogP contribution is 2.48. The molecule has 150 valence electrons. The lowest BCUT2D eigenvalue weighted by atomic mass is 9.95. The second kappa shape index (κ2) is 8.54. The maximum absolute atomic E-state index is 12.4. The molecular formula is C21H29N5O2. The quantitative estimate of drug-likeness (QED) is 0.775. The fourth-order valence-electron chi connectivity index (χ4n) is 3.50. The van der Waals surface area contributed by atoms with Gasteiger partial charge in [0, 0.05) is 37.2 Å². The average Bonchev–Trinajstić information content (AvgIpc) is 3.20. The van der Waals surface area contributed by atoms with E-state index in [0.717, 1.165) is 49.2 Å². The molecule has 3 heterocycles. The van der Waals surface area contributed by atoms with Crippen molar-refractivity contribution < 1.29 is 9.59 Å². The van der Waals surface area contributed by atoms with E-state index in [0.29, 0.717) is 12.5 Å². The number of aromatic amines is 1. The van der Waals surface area contributed by atoms with Gasteiger partial charge in [-0.2, -0.15) is 5.10 Å². The summed E-state index contributed by atoms with van der Waals surface area (Å²) in [6.07, 6.45) is 6.94. The molecule has 1 aliphatic carbocycles. The van der Waals surface area contributed by atoms with Crippen molar-refractivity contribution in [2.75, 3.05) is 13.1 Å². The van der Waals surface area contributed by atoms with Crippen LogP contribution in [0.15, 0.2) is 30.6 Å². The van der Waals surface area contributed by atoms with Crippen LogP contribution in [0.4, 0.5) is 0 Å². The van der Waals surface area contributed by atoms with Gasteiger partial charge in [-0.25, -0.2) is 0 Å². The average molecular weight is 383 g/mol. The summed E-state index contributed by atoms with van der Waals surface area (Å²) in [5, 5.41) is 10.1. The number of nitrogens with zero attached hydrogens (tertiary/aromatic N) is 3. The van der Waals surface area contributed by atoms with Crippen LogP contribution >= 0.6 is 0 Å². The Kier molecular flexibility index (Phi) is 6.11. The standard InChI is InChI=1S/C14H17N3O2.C7H12N2/c18-10-17-8-3-12(9-17)16-13(19)14(4-5-14)11-1-6-15-7-2-11;1-5(2)7-4-6(3)8-9-7/h1-2,6-7,10,12H,3-5,8-9H2,(H,16,19);4-5H,1-3H3,(H,8,9). The minimum atomic E-state index is -0.350. The van der Waals surface area contributed by atoms with E-state index in [1.807, 2.05) is 19.1 Å². The molecule has 1 atom stereocenters. The molecule has 2 aliphatic rings. The molecule has 2 N–H and O–H groups in total. The maximum Gasteiger partial charge on any atom is 0.230 e. The zero-order valence-electron chi connectivity index (χ0n) is 16.8. The Morgan fingerprint density at radius 1 is 1.36 bits per heavy atom. The first kappa shape index (κ1) is 20.0. The maximum atomic E-state index is 12.4. The normalized spacial score (nSPS) is 19.7. The number of carbonyl (C=O) groups excluding carboxylic acids is 2. The van der Waals surface area contributed by atoms with Gasteiger partial charge in [-0.1, -0.05) is 13.8 Å². The van der Waals surface area contributed by atoms with Crippen LogP contribution in [0, 0.1) is 6.92 Å². The number of nitrogens with one attached hydrogen (secondary N) is 2. The molecule has 7 heteroatoms. The third kappa shape index (κ3) is 4.58. The molecule has 1 saturated heterocycles. The summed E-state index contributed by atoms with van der Waals surface area (Å²) in [6, 6.07) is 6.00. The Morgan fingerprint density at radius 3 is 2.54 bits per heavy atom. The Balaban J connectivity index is 0.000000211. The van der Waals surface area contributed by atoms with Crippen molar-refractivity contribution in [3.05, 3.63) is 47.5 Å². The van der Waals surface area contributed by atoms with E-state index in [1.54, 1.807) is 17.3 Å². The molecule has 28 heavy (non-hydrogen) atoms. The minimum absolute atomic E-state index is 0.0939. The van der Waals surface area contributed by atoms with Crippen molar-refractivity contribution in [3.8, 4) is 0 Å². The minimum Gasteiger partial charge on any atom is -0.351 e. The lowest BCUT2D eigenvalue weighted by molar-refractivity contribution is -0.124. The predicted molar refractivity (Wildman–Crippen MR) is 107 cm³/mol. The summed E-state index contributed by atoms with van der Waals surface area (Å²) >= 11 is 0. The van der Waals surface area contributed by atoms with Gasteiger partial charge in [0.2, 0.25) is 12.3 Å². The first-order chi connectivity index (χ1) is 13.4. The molecule has 2 aromatic heterocycles. The first-order valence-electron chi connectivity index (χ1n) is 9.87. The molecular weight excluding hydrogens is 354 g/mol. The number of rotatable bonds is 5. The number of H-pyrrole nitrogens is 1. The lowest BCUT2D eigenvalue weighted by Gasteiger charge is -2.19. The summed E-state index contributed by atoms with van der Waals surface area (Å²) in [7, 11) is 0. The molecule has 0 bridgehead atoms. The molecule has 0 spiro atoms. The Bertz CT molecular complexity index is 798. The second-order valence-corrected chi connectivity index (χ2v) is 8.01. The Labute approximate surface area is 165 Å². The van der Waals surface area contributed by atoms with Crippen molar-refractivity contribution in [2.24, 2.45) is 0 Å². The van der Waals surface area contributed by atoms with E-state index in [-0.39, 0.29) is 17.4 Å². The van der Waals surface area contributed by atoms with Crippen LogP contribution in [0.1, 0.15) is 56.0 Å². The predicted octanol–water partition coefficient (Wildman–Crippen LogP) is 2.30. The van der Waals surface area contributed by atoms with Crippen LogP contribution in [0.3, 0.4) is 0 Å². The van der Waals surface area contributed by atoms with E-state index < -0.39 is 0 Å². The molecule has 1 unspecified atom stereocenters. The Morgan fingerprint density at radius 2 is 2.07 bits per heavy atom. The molecule has 4 rings (SSSR count). The van der Waals surface area contributed by atoms with Gasteiger partial charge in [0.05, 0.1) is 11.1 Å². The number of aromatic nitrogens is 3. The molecule has 7 nitrogen and oxygen atoms in total. The zero-order valence-corrected chi connectivity index (χ0v) is 16.8. The number of likely N-dealkylation sites (tertiary alicyclic amines) is 1. The first-order valence-corrected chi connectivity index (χ1v) is 9.87. The third-order valence-electron chi connectivity index (χ3n) is 5.44. The van der Waals surface area contributed by atoms with Gasteiger partial charge >= 0.3 is 0 Å². The largest absolute Gasteiger partial charge is 0.351 e. The number of amides is 2. The van der Waals surface area contributed by atoms with Crippen molar-refractivity contribution in [1.29, 1.82) is 0 Å². The van der Waals surface area contributed by atoms with Crippen molar-refractivity contribution in [1.82, 2.24) is 25.4 Å². The van der Waals surface area contributed by atoms with Crippen LogP contribution in [0.2, 0.25) is 0 Å². The molecule has 2 aromatic rings. The summed E-state index contributed by atoms with van der Waals surface area (Å²) in [4.78, 5) is 28.8. The van der Waals surface area contributed by atoms with Crippen LogP contribution in [0.25, 0.3) is 0 Å². The molecule has 2 fully saturated rings. The molecule has 2 amide bonds. The number of hydrogen-bond donors (Lipinski definition) is 2. The fraction of sp³-hybridized carbons (Fsp3) is 0.524. The SMILES string of the molecule is Cc1cc(C(C)C)n[nH]1.O=CN1CCC(NC(=O)C2(c3ccncc3)CC2)C1. The number of carbonyl (C=O) groups is 2. The highest BCUT2D eigenvalue weighted by atomic mass is 16.2. The smallest absolute Gasteiger partial charge is 0.230 e. The number of hydrogen-bond acceptors (Lipinski definition) is 4. The molecule has 1 aliphatic heterocycles. The monoisotopic (exact) mass is 383 g/mol. The summed E-state index contributed by atoms with van der Waals surface area (Å²) in [6.45, 7) is 7.64. The molecule has 1 saturated carbocycles. The van der Waals surface area contributed by atoms with Gasteiger partial charge in [-0.15, -0.1) is 0 Å². The number of pyridine rings is 1.